The van der Waals surface area contributed by atoms with Crippen LogP contribution in [0.5, 0.6) is 23.0 Å². The normalized spacial score (nSPS) is 10.4. The highest BCUT2D eigenvalue weighted by Crippen LogP contribution is 2.43. The van der Waals surface area contributed by atoms with Gasteiger partial charge in [0.15, 0.2) is 0 Å². The molecule has 1 heterocycles. The zero-order chi connectivity index (χ0) is 20.6. The molecule has 0 N–H and O–H groups in total. The number of methoxy groups -OCH3 is 3. The highest BCUT2D eigenvalue weighted by Gasteiger charge is 2.19. The van der Waals surface area contributed by atoms with Crippen molar-refractivity contribution in [3.8, 4) is 40.2 Å². The Balaban J connectivity index is 2.13. The van der Waals surface area contributed by atoms with E-state index in [1.807, 2.05) is 36.4 Å². The second kappa shape index (κ2) is 9.65. The highest BCUT2D eigenvalue weighted by molar-refractivity contribution is 5.99. The van der Waals surface area contributed by atoms with E-state index < -0.39 is 0 Å². The average molecular weight is 392 g/mol. The largest absolute Gasteiger partial charge is 0.497 e. The molecule has 0 fully saturated rings. The molecule has 0 aliphatic rings. The summed E-state index contributed by atoms with van der Waals surface area (Å²) in [7, 11) is 4.88. The first-order chi connectivity index (χ1) is 14.2. The molecule has 0 aliphatic heterocycles. The number of rotatable bonds is 9. The number of hydrogen-bond acceptors (Lipinski definition) is 6. The summed E-state index contributed by atoms with van der Waals surface area (Å²) in [6.45, 7) is 0.490. The third-order valence-corrected chi connectivity index (χ3v) is 4.67. The Morgan fingerprint density at radius 1 is 0.897 bits per heavy atom. The van der Waals surface area contributed by atoms with Crippen LogP contribution in [0.2, 0.25) is 0 Å². The van der Waals surface area contributed by atoms with E-state index in [-0.39, 0.29) is 0 Å². The Morgan fingerprint density at radius 3 is 2.28 bits per heavy atom. The molecule has 150 valence electrons. The van der Waals surface area contributed by atoms with Crippen molar-refractivity contribution in [1.82, 2.24) is 4.98 Å². The number of hydrogen-bond donors (Lipinski definition) is 0. The smallest absolute Gasteiger partial charge is 0.145 e. The van der Waals surface area contributed by atoms with Gasteiger partial charge < -0.3 is 18.9 Å². The molecule has 6 nitrogen and oxygen atoms in total. The summed E-state index contributed by atoms with van der Waals surface area (Å²) < 4.78 is 22.6. The fourth-order valence-corrected chi connectivity index (χ4v) is 3.16. The first kappa shape index (κ1) is 20.3. The van der Waals surface area contributed by atoms with Gasteiger partial charge in [-0.1, -0.05) is 12.1 Å². The predicted molar refractivity (Wildman–Crippen MR) is 112 cm³/mol. The van der Waals surface area contributed by atoms with Crippen molar-refractivity contribution in [2.75, 3.05) is 27.9 Å². The Bertz CT molecular complexity index is 1010. The van der Waals surface area contributed by atoms with E-state index in [1.165, 1.54) is 0 Å². The second-order valence-corrected chi connectivity index (χ2v) is 6.39. The standard InChI is InChI=1S/C23H24N2O4/c1-26-17-9-7-16(8-10-17)18-15-25-22-20(28-3)12-11-19(27-2)21(22)23(18)29-14-6-4-5-13-24/h7-12,15H,4-6,14H2,1-3H3. The molecule has 0 saturated carbocycles. The lowest BCUT2D eigenvalue weighted by Gasteiger charge is -2.17. The number of unbranched alkanes of at least 4 members (excludes halogenated alkanes) is 2. The monoisotopic (exact) mass is 392 g/mol. The number of pyridine rings is 1. The van der Waals surface area contributed by atoms with E-state index in [4.69, 9.17) is 24.2 Å². The number of fused-ring (bicyclic) bond motifs is 1. The van der Waals surface area contributed by atoms with Crippen molar-refractivity contribution in [2.24, 2.45) is 0 Å². The van der Waals surface area contributed by atoms with Crippen molar-refractivity contribution < 1.29 is 18.9 Å². The maximum absolute atomic E-state index is 8.75. The van der Waals surface area contributed by atoms with Crippen LogP contribution < -0.4 is 18.9 Å². The van der Waals surface area contributed by atoms with Crippen molar-refractivity contribution in [1.29, 1.82) is 5.26 Å². The molecule has 3 aromatic rings. The van der Waals surface area contributed by atoms with Crippen molar-refractivity contribution in [3.05, 3.63) is 42.6 Å². The van der Waals surface area contributed by atoms with Crippen LogP contribution in [-0.2, 0) is 0 Å². The third-order valence-electron chi connectivity index (χ3n) is 4.67. The van der Waals surface area contributed by atoms with Crippen LogP contribution in [0, 0.1) is 11.3 Å². The summed E-state index contributed by atoms with van der Waals surface area (Å²) in [5.74, 6) is 2.78. The van der Waals surface area contributed by atoms with Gasteiger partial charge in [0.1, 0.15) is 28.5 Å². The lowest BCUT2D eigenvalue weighted by molar-refractivity contribution is 0.310. The van der Waals surface area contributed by atoms with Crippen LogP contribution in [-0.4, -0.2) is 32.9 Å². The molecule has 2 aromatic carbocycles. The van der Waals surface area contributed by atoms with Gasteiger partial charge in [-0.15, -0.1) is 0 Å². The lowest BCUT2D eigenvalue weighted by Crippen LogP contribution is -2.02. The summed E-state index contributed by atoms with van der Waals surface area (Å²) in [5, 5.41) is 9.51. The molecule has 0 saturated heterocycles. The fraction of sp³-hybridized carbons (Fsp3) is 0.304. The molecular formula is C23H24N2O4. The van der Waals surface area contributed by atoms with Crippen molar-refractivity contribution >= 4 is 10.9 Å². The summed E-state index contributed by atoms with van der Waals surface area (Å²) in [6, 6.07) is 13.6. The van der Waals surface area contributed by atoms with Crippen molar-refractivity contribution in [3.63, 3.8) is 0 Å². The summed E-state index contributed by atoms with van der Waals surface area (Å²) in [4.78, 5) is 4.64. The van der Waals surface area contributed by atoms with Gasteiger partial charge in [-0.3, -0.25) is 4.98 Å². The minimum Gasteiger partial charge on any atom is -0.497 e. The molecule has 0 aliphatic carbocycles. The second-order valence-electron chi connectivity index (χ2n) is 6.39. The van der Waals surface area contributed by atoms with Gasteiger partial charge in [0.05, 0.1) is 39.4 Å². The summed E-state index contributed by atoms with van der Waals surface area (Å²) in [5.41, 5.74) is 2.49. The maximum Gasteiger partial charge on any atom is 0.145 e. The molecule has 0 spiro atoms. The number of aromatic nitrogens is 1. The SMILES string of the molecule is COc1ccc(-c2cnc3c(OC)ccc(OC)c3c2OCCCCC#N)cc1. The molecule has 0 bridgehead atoms. The van der Waals surface area contributed by atoms with E-state index in [9.17, 15) is 0 Å². The van der Waals surface area contributed by atoms with Crippen LogP contribution in [0.1, 0.15) is 19.3 Å². The number of benzene rings is 2. The van der Waals surface area contributed by atoms with E-state index >= 15 is 0 Å². The van der Waals surface area contributed by atoms with Gasteiger partial charge in [-0.25, -0.2) is 0 Å². The van der Waals surface area contributed by atoms with Gasteiger partial charge in [0, 0.05) is 18.2 Å². The molecule has 0 radical (unpaired) electrons. The van der Waals surface area contributed by atoms with E-state index in [2.05, 4.69) is 11.1 Å². The fourth-order valence-electron chi connectivity index (χ4n) is 3.16. The first-order valence-electron chi connectivity index (χ1n) is 9.41. The summed E-state index contributed by atoms with van der Waals surface area (Å²) in [6.07, 6.45) is 3.88. The van der Waals surface area contributed by atoms with Crippen LogP contribution in [0.25, 0.3) is 22.0 Å². The molecular weight excluding hydrogens is 368 g/mol. The molecule has 0 amide bonds. The van der Waals surface area contributed by atoms with E-state index in [0.29, 0.717) is 35.8 Å². The molecule has 1 aromatic heterocycles. The van der Waals surface area contributed by atoms with Crippen LogP contribution in [0.4, 0.5) is 0 Å². The zero-order valence-electron chi connectivity index (χ0n) is 16.9. The molecule has 0 atom stereocenters. The van der Waals surface area contributed by atoms with Crippen LogP contribution >= 0.6 is 0 Å². The Kier molecular flexibility index (Phi) is 6.75. The van der Waals surface area contributed by atoms with Gasteiger partial charge >= 0.3 is 0 Å². The molecule has 29 heavy (non-hydrogen) atoms. The van der Waals surface area contributed by atoms with Gasteiger partial charge in [-0.05, 0) is 42.7 Å². The Hall–Kier alpha value is -3.46. The Labute approximate surface area is 170 Å². The zero-order valence-corrected chi connectivity index (χ0v) is 16.9. The van der Waals surface area contributed by atoms with Gasteiger partial charge in [0.25, 0.3) is 0 Å². The molecule has 6 heteroatoms. The van der Waals surface area contributed by atoms with E-state index in [0.717, 1.165) is 35.1 Å². The highest BCUT2D eigenvalue weighted by atomic mass is 16.5. The van der Waals surface area contributed by atoms with Gasteiger partial charge in [-0.2, -0.15) is 5.26 Å². The first-order valence-corrected chi connectivity index (χ1v) is 9.41. The third kappa shape index (κ3) is 4.35. The number of nitrogens with zero attached hydrogens (tertiary/aromatic N) is 2. The minimum atomic E-state index is 0.490. The predicted octanol–water partition coefficient (Wildman–Crippen LogP) is 5.00. The molecule has 3 rings (SSSR count). The van der Waals surface area contributed by atoms with Crippen LogP contribution in [0.15, 0.2) is 42.6 Å². The minimum absolute atomic E-state index is 0.490. The molecule has 0 unspecified atom stereocenters. The average Bonchev–Trinajstić information content (AvgIpc) is 2.78. The van der Waals surface area contributed by atoms with Gasteiger partial charge in [0.2, 0.25) is 0 Å². The number of nitriles is 1. The lowest BCUT2D eigenvalue weighted by atomic mass is 10.0. The number of ether oxygens (including phenoxy) is 4. The topological polar surface area (TPSA) is 73.6 Å². The van der Waals surface area contributed by atoms with Crippen LogP contribution in [0.3, 0.4) is 0 Å². The maximum atomic E-state index is 8.75. The Morgan fingerprint density at radius 2 is 1.62 bits per heavy atom. The quantitative estimate of drug-likeness (QED) is 0.477. The van der Waals surface area contributed by atoms with E-state index in [1.54, 1.807) is 27.5 Å². The summed E-state index contributed by atoms with van der Waals surface area (Å²) >= 11 is 0. The van der Waals surface area contributed by atoms with Crippen molar-refractivity contribution in [2.45, 2.75) is 19.3 Å².